The zero-order chi connectivity index (χ0) is 40.7. The van der Waals surface area contributed by atoms with E-state index in [4.69, 9.17) is 18.9 Å². The van der Waals surface area contributed by atoms with Crippen molar-refractivity contribution in [1.82, 2.24) is 0 Å². The number of carbonyl (C=O) groups is 1. The summed E-state index contributed by atoms with van der Waals surface area (Å²) in [6.07, 6.45) is 42.1. The maximum Gasteiger partial charge on any atom is 0.306 e. The van der Waals surface area contributed by atoms with Gasteiger partial charge in [0.05, 0.1) is 19.8 Å². The lowest BCUT2D eigenvalue weighted by atomic mass is 9.99. The topological polar surface area (TPSA) is 135 Å². The van der Waals surface area contributed by atoms with Gasteiger partial charge in [-0.25, -0.2) is 0 Å². The van der Waals surface area contributed by atoms with Gasteiger partial charge in [0.25, 0.3) is 0 Å². The number of unbranched alkanes of at least 4 members (excludes halogenated alkanes) is 13. The summed E-state index contributed by atoms with van der Waals surface area (Å²) < 4.78 is 22.8. The second kappa shape index (κ2) is 38.2. The highest BCUT2D eigenvalue weighted by Gasteiger charge is 2.44. The third-order valence-corrected chi connectivity index (χ3v) is 9.59. The summed E-state index contributed by atoms with van der Waals surface area (Å²) in [4.78, 5) is 12.7. The Labute approximate surface area is 340 Å². The van der Waals surface area contributed by atoms with Crippen molar-refractivity contribution in [2.75, 3.05) is 26.4 Å². The molecule has 1 aliphatic heterocycles. The molecule has 0 saturated carbocycles. The summed E-state index contributed by atoms with van der Waals surface area (Å²) in [5.74, 6) is -0.336. The monoisotopic (exact) mass is 789 g/mol. The molecule has 0 aromatic rings. The number of ether oxygens (including phenoxy) is 4. The molecule has 1 aliphatic rings. The number of hydrogen-bond acceptors (Lipinski definition) is 9. The molecule has 0 aliphatic carbocycles. The van der Waals surface area contributed by atoms with Gasteiger partial charge in [0.2, 0.25) is 0 Å². The van der Waals surface area contributed by atoms with E-state index in [1.54, 1.807) is 0 Å². The molecular weight excluding hydrogens is 709 g/mol. The van der Waals surface area contributed by atoms with E-state index in [0.29, 0.717) is 13.0 Å². The van der Waals surface area contributed by atoms with Crippen LogP contribution in [0.1, 0.15) is 155 Å². The van der Waals surface area contributed by atoms with Crippen LogP contribution in [-0.4, -0.2) is 89.6 Å². The van der Waals surface area contributed by atoms with E-state index in [0.717, 1.165) is 103 Å². The van der Waals surface area contributed by atoms with E-state index >= 15 is 0 Å². The Kier molecular flexibility index (Phi) is 35.2. The standard InChI is InChI=1S/C47H80O9/c1-3-5-7-9-11-13-15-17-18-19-20-21-22-23-25-27-29-31-33-35-37-53-39-41(40-54-47-46(52)45(51)44(50)42(38-48)56-47)55-43(49)36-34-32-30-28-26-24-16-14-12-10-8-6-4-2/h5,7-8,10-11,13-14,16-18,20-21,41-42,44-48,50-52H,3-4,6,9,12,15,19,22-40H2,1-2H3/b7-5-,10-8-,13-11-,16-14-,18-17-,21-20-. The predicted molar refractivity (Wildman–Crippen MR) is 228 cm³/mol. The average molecular weight is 789 g/mol. The Morgan fingerprint density at radius 1 is 0.589 bits per heavy atom. The molecule has 322 valence electrons. The fourth-order valence-corrected chi connectivity index (χ4v) is 6.17. The van der Waals surface area contributed by atoms with Crippen LogP contribution in [0.4, 0.5) is 0 Å². The Bertz CT molecular complexity index is 1080. The summed E-state index contributed by atoms with van der Waals surface area (Å²) in [5.41, 5.74) is 0. The predicted octanol–water partition coefficient (Wildman–Crippen LogP) is 9.69. The van der Waals surface area contributed by atoms with Crippen LogP contribution in [0.15, 0.2) is 72.9 Å². The molecule has 56 heavy (non-hydrogen) atoms. The quantitative estimate of drug-likeness (QED) is 0.0278. The molecule has 0 amide bonds. The highest BCUT2D eigenvalue weighted by Crippen LogP contribution is 2.22. The smallest absolute Gasteiger partial charge is 0.306 e. The molecule has 1 saturated heterocycles. The molecule has 6 atom stereocenters. The largest absolute Gasteiger partial charge is 0.457 e. The highest BCUT2D eigenvalue weighted by molar-refractivity contribution is 5.69. The lowest BCUT2D eigenvalue weighted by Gasteiger charge is -2.39. The first-order valence-electron chi connectivity index (χ1n) is 22.0. The van der Waals surface area contributed by atoms with Gasteiger partial charge in [-0.2, -0.15) is 0 Å². The zero-order valence-electron chi connectivity index (χ0n) is 35.1. The summed E-state index contributed by atoms with van der Waals surface area (Å²) in [5, 5.41) is 40.1. The maximum absolute atomic E-state index is 12.7. The number of rotatable bonds is 36. The third kappa shape index (κ3) is 28.9. The van der Waals surface area contributed by atoms with Crippen LogP contribution in [0.5, 0.6) is 0 Å². The van der Waals surface area contributed by atoms with Crippen molar-refractivity contribution in [3.8, 4) is 0 Å². The van der Waals surface area contributed by atoms with Crippen LogP contribution in [0.2, 0.25) is 0 Å². The summed E-state index contributed by atoms with van der Waals surface area (Å²) in [6, 6.07) is 0. The molecule has 0 spiro atoms. The summed E-state index contributed by atoms with van der Waals surface area (Å²) in [7, 11) is 0. The lowest BCUT2D eigenvalue weighted by Crippen LogP contribution is -2.59. The van der Waals surface area contributed by atoms with Crippen molar-refractivity contribution in [3.63, 3.8) is 0 Å². The van der Waals surface area contributed by atoms with Crippen LogP contribution in [0.3, 0.4) is 0 Å². The second-order valence-electron chi connectivity index (χ2n) is 14.8. The van der Waals surface area contributed by atoms with Gasteiger partial charge < -0.3 is 39.4 Å². The highest BCUT2D eigenvalue weighted by atomic mass is 16.7. The number of esters is 1. The minimum absolute atomic E-state index is 0.127. The summed E-state index contributed by atoms with van der Waals surface area (Å²) in [6.45, 7) is 4.32. The first kappa shape index (κ1) is 51.6. The Balaban J connectivity index is 2.28. The van der Waals surface area contributed by atoms with Crippen LogP contribution < -0.4 is 0 Å². The van der Waals surface area contributed by atoms with E-state index in [1.165, 1.54) is 32.1 Å². The van der Waals surface area contributed by atoms with Crippen molar-refractivity contribution in [2.24, 2.45) is 0 Å². The first-order chi connectivity index (χ1) is 27.4. The first-order valence-corrected chi connectivity index (χ1v) is 22.0. The molecule has 6 unspecified atom stereocenters. The molecule has 4 N–H and O–H groups in total. The van der Waals surface area contributed by atoms with Gasteiger partial charge in [-0.05, 0) is 77.0 Å². The minimum Gasteiger partial charge on any atom is -0.457 e. The van der Waals surface area contributed by atoms with Gasteiger partial charge in [-0.15, -0.1) is 0 Å². The lowest BCUT2D eigenvalue weighted by molar-refractivity contribution is -0.305. The number of aliphatic hydroxyl groups is 4. The molecule has 0 aromatic carbocycles. The van der Waals surface area contributed by atoms with Gasteiger partial charge in [0.15, 0.2) is 6.29 Å². The van der Waals surface area contributed by atoms with Gasteiger partial charge in [-0.1, -0.05) is 145 Å². The number of carbonyl (C=O) groups excluding carboxylic acids is 1. The van der Waals surface area contributed by atoms with Crippen molar-refractivity contribution in [2.45, 2.75) is 192 Å². The summed E-state index contributed by atoms with van der Waals surface area (Å²) >= 11 is 0. The molecular formula is C47H80O9. The molecule has 0 radical (unpaired) electrons. The molecule has 0 bridgehead atoms. The zero-order valence-corrected chi connectivity index (χ0v) is 35.1. The normalized spacial score (nSPS) is 21.3. The van der Waals surface area contributed by atoms with Gasteiger partial charge >= 0.3 is 5.97 Å². The van der Waals surface area contributed by atoms with E-state index in [1.807, 2.05) is 0 Å². The molecule has 1 rings (SSSR count). The number of aliphatic hydroxyl groups excluding tert-OH is 4. The van der Waals surface area contributed by atoms with Crippen molar-refractivity contribution >= 4 is 5.97 Å². The molecule has 9 heteroatoms. The van der Waals surface area contributed by atoms with Crippen molar-refractivity contribution < 1.29 is 44.2 Å². The minimum atomic E-state index is -1.54. The van der Waals surface area contributed by atoms with Crippen molar-refractivity contribution in [1.29, 1.82) is 0 Å². The second-order valence-corrected chi connectivity index (χ2v) is 14.8. The van der Waals surface area contributed by atoms with Crippen LogP contribution in [0, 0.1) is 0 Å². The fourth-order valence-electron chi connectivity index (χ4n) is 6.17. The fraction of sp³-hybridized carbons (Fsp3) is 0.723. The van der Waals surface area contributed by atoms with E-state index in [9.17, 15) is 25.2 Å². The third-order valence-electron chi connectivity index (χ3n) is 9.59. The van der Waals surface area contributed by atoms with Gasteiger partial charge in [0.1, 0.15) is 30.5 Å². The van der Waals surface area contributed by atoms with E-state index < -0.39 is 43.4 Å². The SMILES string of the molecule is CC/C=C\C/C=C\C/C=C\C/C=C\CCCCCCCCCOCC(COC1OC(CO)C(O)C(O)C1O)OC(=O)CCCCCCC/C=C\C/C=C\CCC. The Hall–Kier alpha value is -2.37. The van der Waals surface area contributed by atoms with Crippen LogP contribution >= 0.6 is 0 Å². The molecule has 0 aromatic heterocycles. The van der Waals surface area contributed by atoms with Crippen molar-refractivity contribution in [3.05, 3.63) is 72.9 Å². The molecule has 1 heterocycles. The number of allylic oxidation sites excluding steroid dienone is 12. The van der Waals surface area contributed by atoms with Gasteiger partial charge in [0, 0.05) is 13.0 Å². The Morgan fingerprint density at radius 3 is 1.64 bits per heavy atom. The maximum atomic E-state index is 12.7. The number of hydrogen-bond donors (Lipinski definition) is 4. The van der Waals surface area contributed by atoms with E-state index in [2.05, 4.69) is 86.8 Å². The Morgan fingerprint density at radius 2 is 1.09 bits per heavy atom. The van der Waals surface area contributed by atoms with Crippen LogP contribution in [0.25, 0.3) is 0 Å². The van der Waals surface area contributed by atoms with Gasteiger partial charge in [-0.3, -0.25) is 4.79 Å². The average Bonchev–Trinajstić information content (AvgIpc) is 3.20. The molecule has 1 fully saturated rings. The van der Waals surface area contributed by atoms with E-state index in [-0.39, 0.29) is 19.2 Å². The molecule has 9 nitrogen and oxygen atoms in total. The van der Waals surface area contributed by atoms with Crippen LogP contribution in [-0.2, 0) is 23.7 Å².